The standard InChI is InChI=1S/C17H16N2O5/c1-2-18-14-9-8-13(10-15(14)19(22)23)17(21)24-11-16(20)12-6-4-3-5-7-12/h3-10,18H,2,11H2,1H3. The molecule has 0 saturated carbocycles. The van der Waals surface area contributed by atoms with E-state index < -0.39 is 17.5 Å². The van der Waals surface area contributed by atoms with Gasteiger partial charge in [0.1, 0.15) is 5.69 Å². The Balaban J connectivity index is 2.08. The summed E-state index contributed by atoms with van der Waals surface area (Å²) >= 11 is 0. The first-order valence-corrected chi connectivity index (χ1v) is 7.30. The number of nitrogens with zero attached hydrogens (tertiary/aromatic N) is 1. The lowest BCUT2D eigenvalue weighted by Crippen LogP contribution is -2.14. The Bertz CT molecular complexity index is 759. The molecule has 24 heavy (non-hydrogen) atoms. The van der Waals surface area contributed by atoms with Crippen LogP contribution in [0.15, 0.2) is 48.5 Å². The Kier molecular flexibility index (Phi) is 5.62. The van der Waals surface area contributed by atoms with Gasteiger partial charge >= 0.3 is 5.97 Å². The van der Waals surface area contributed by atoms with E-state index in [4.69, 9.17) is 4.74 Å². The van der Waals surface area contributed by atoms with Gasteiger partial charge in [0.05, 0.1) is 10.5 Å². The number of nitro benzene ring substituents is 1. The lowest BCUT2D eigenvalue weighted by Gasteiger charge is -2.07. The zero-order chi connectivity index (χ0) is 17.5. The highest BCUT2D eigenvalue weighted by molar-refractivity contribution is 5.99. The summed E-state index contributed by atoms with van der Waals surface area (Å²) in [6, 6.07) is 12.4. The first kappa shape index (κ1) is 17.1. The van der Waals surface area contributed by atoms with Crippen LogP contribution < -0.4 is 5.32 Å². The second-order valence-electron chi connectivity index (χ2n) is 4.88. The van der Waals surface area contributed by atoms with Crippen molar-refractivity contribution in [3.63, 3.8) is 0 Å². The monoisotopic (exact) mass is 328 g/mol. The highest BCUT2D eigenvalue weighted by Gasteiger charge is 2.18. The summed E-state index contributed by atoms with van der Waals surface area (Å²) < 4.78 is 4.95. The van der Waals surface area contributed by atoms with Crippen molar-refractivity contribution in [2.24, 2.45) is 0 Å². The molecule has 0 aliphatic rings. The lowest BCUT2D eigenvalue weighted by atomic mass is 10.1. The number of hydrogen-bond acceptors (Lipinski definition) is 6. The smallest absolute Gasteiger partial charge is 0.338 e. The predicted molar refractivity (Wildman–Crippen MR) is 88.3 cm³/mol. The number of anilines is 1. The first-order valence-electron chi connectivity index (χ1n) is 7.30. The molecule has 0 fully saturated rings. The molecule has 2 rings (SSSR count). The van der Waals surface area contributed by atoms with Crippen LogP contribution in [-0.2, 0) is 4.74 Å². The molecule has 124 valence electrons. The number of nitro groups is 1. The Morgan fingerprint density at radius 1 is 1.12 bits per heavy atom. The fourth-order valence-corrected chi connectivity index (χ4v) is 2.07. The van der Waals surface area contributed by atoms with E-state index in [1.807, 2.05) is 0 Å². The van der Waals surface area contributed by atoms with E-state index in [1.54, 1.807) is 37.3 Å². The minimum atomic E-state index is -0.787. The van der Waals surface area contributed by atoms with Gasteiger partial charge in [0.2, 0.25) is 0 Å². The molecule has 7 heteroatoms. The van der Waals surface area contributed by atoms with Crippen molar-refractivity contribution in [2.75, 3.05) is 18.5 Å². The number of benzene rings is 2. The van der Waals surface area contributed by atoms with Gasteiger partial charge in [-0.05, 0) is 19.1 Å². The van der Waals surface area contributed by atoms with Crippen molar-refractivity contribution in [2.45, 2.75) is 6.92 Å². The molecule has 0 saturated heterocycles. The molecular formula is C17H16N2O5. The van der Waals surface area contributed by atoms with Crippen LogP contribution in [0, 0.1) is 10.1 Å². The van der Waals surface area contributed by atoms with Crippen molar-refractivity contribution in [1.29, 1.82) is 0 Å². The zero-order valence-electron chi connectivity index (χ0n) is 13.0. The normalized spacial score (nSPS) is 10.0. The topological polar surface area (TPSA) is 98.5 Å². The summed E-state index contributed by atoms with van der Waals surface area (Å²) in [5.74, 6) is -1.13. The number of carbonyl (C=O) groups excluding carboxylic acids is 2. The van der Waals surface area contributed by atoms with Gasteiger partial charge in [0.15, 0.2) is 12.4 Å². The molecule has 1 N–H and O–H groups in total. The third-order valence-corrected chi connectivity index (χ3v) is 3.23. The van der Waals surface area contributed by atoms with Crippen LogP contribution in [0.1, 0.15) is 27.6 Å². The molecule has 0 bridgehead atoms. The number of ketones is 1. The third kappa shape index (κ3) is 4.16. The lowest BCUT2D eigenvalue weighted by molar-refractivity contribution is -0.384. The number of esters is 1. The molecule has 2 aromatic carbocycles. The number of nitrogens with one attached hydrogen (secondary N) is 1. The maximum atomic E-state index is 12.0. The second-order valence-corrected chi connectivity index (χ2v) is 4.88. The van der Waals surface area contributed by atoms with E-state index in [1.165, 1.54) is 12.1 Å². The largest absolute Gasteiger partial charge is 0.454 e. The number of rotatable bonds is 7. The van der Waals surface area contributed by atoms with Gasteiger partial charge in [-0.2, -0.15) is 0 Å². The molecule has 7 nitrogen and oxygen atoms in total. The van der Waals surface area contributed by atoms with Crippen LogP contribution in [0.25, 0.3) is 0 Å². The molecule has 0 aliphatic carbocycles. The fraction of sp³-hybridized carbons (Fsp3) is 0.176. The van der Waals surface area contributed by atoms with Gasteiger partial charge in [-0.25, -0.2) is 4.79 Å². The maximum Gasteiger partial charge on any atom is 0.338 e. The SMILES string of the molecule is CCNc1ccc(C(=O)OCC(=O)c2ccccc2)cc1[N+](=O)[O-]. The summed E-state index contributed by atoms with van der Waals surface area (Å²) in [4.78, 5) is 34.4. The number of carbonyl (C=O) groups is 2. The molecule has 0 spiro atoms. The quantitative estimate of drug-likeness (QED) is 0.363. The fourth-order valence-electron chi connectivity index (χ4n) is 2.07. The van der Waals surface area contributed by atoms with E-state index in [9.17, 15) is 19.7 Å². The molecule has 0 aromatic heterocycles. The summed E-state index contributed by atoms with van der Waals surface area (Å²) in [5, 5.41) is 13.9. The number of Topliss-reactive ketones (excluding diaryl/α,β-unsaturated/α-hetero) is 1. The van der Waals surface area contributed by atoms with Gasteiger partial charge < -0.3 is 10.1 Å². The molecule has 0 radical (unpaired) electrons. The number of ether oxygens (including phenoxy) is 1. The molecule has 0 amide bonds. The Morgan fingerprint density at radius 2 is 1.83 bits per heavy atom. The van der Waals surface area contributed by atoms with Crippen molar-refractivity contribution in [1.82, 2.24) is 0 Å². The van der Waals surface area contributed by atoms with Crippen molar-refractivity contribution >= 4 is 23.1 Å². The van der Waals surface area contributed by atoms with Gasteiger partial charge in [0.25, 0.3) is 5.69 Å². The maximum absolute atomic E-state index is 12.0. The molecule has 0 unspecified atom stereocenters. The van der Waals surface area contributed by atoms with Crippen molar-refractivity contribution < 1.29 is 19.2 Å². The van der Waals surface area contributed by atoms with E-state index in [2.05, 4.69) is 5.32 Å². The molecule has 0 atom stereocenters. The third-order valence-electron chi connectivity index (χ3n) is 3.23. The van der Waals surface area contributed by atoms with Crippen LogP contribution in [0.5, 0.6) is 0 Å². The average molecular weight is 328 g/mol. The molecule has 0 aliphatic heterocycles. The Hall–Kier alpha value is -3.22. The van der Waals surface area contributed by atoms with Crippen LogP contribution in [0.4, 0.5) is 11.4 Å². The van der Waals surface area contributed by atoms with Gasteiger partial charge in [-0.15, -0.1) is 0 Å². The van der Waals surface area contributed by atoms with E-state index >= 15 is 0 Å². The van der Waals surface area contributed by atoms with Gasteiger partial charge in [-0.3, -0.25) is 14.9 Å². The van der Waals surface area contributed by atoms with Crippen LogP contribution in [-0.4, -0.2) is 29.8 Å². The number of hydrogen-bond donors (Lipinski definition) is 1. The minimum absolute atomic E-state index is 0.0178. The Morgan fingerprint density at radius 3 is 2.46 bits per heavy atom. The Labute approximate surface area is 138 Å². The van der Waals surface area contributed by atoms with Crippen LogP contribution >= 0.6 is 0 Å². The summed E-state index contributed by atoms with van der Waals surface area (Å²) in [6.07, 6.45) is 0. The zero-order valence-corrected chi connectivity index (χ0v) is 13.0. The minimum Gasteiger partial charge on any atom is -0.454 e. The summed E-state index contributed by atoms with van der Waals surface area (Å²) in [6.45, 7) is 1.89. The molecule has 2 aromatic rings. The van der Waals surface area contributed by atoms with E-state index in [-0.39, 0.29) is 17.0 Å². The predicted octanol–water partition coefficient (Wildman–Crippen LogP) is 3.07. The van der Waals surface area contributed by atoms with Crippen molar-refractivity contribution in [3.05, 3.63) is 69.8 Å². The average Bonchev–Trinajstić information content (AvgIpc) is 2.60. The highest BCUT2D eigenvalue weighted by Crippen LogP contribution is 2.25. The van der Waals surface area contributed by atoms with Gasteiger partial charge in [0, 0.05) is 18.2 Å². The van der Waals surface area contributed by atoms with Crippen LogP contribution in [0.3, 0.4) is 0 Å². The van der Waals surface area contributed by atoms with Crippen molar-refractivity contribution in [3.8, 4) is 0 Å². The summed E-state index contributed by atoms with van der Waals surface area (Å²) in [5.41, 5.74) is 0.545. The molecular weight excluding hydrogens is 312 g/mol. The highest BCUT2D eigenvalue weighted by atomic mass is 16.6. The van der Waals surface area contributed by atoms with E-state index in [0.717, 1.165) is 6.07 Å². The first-order chi connectivity index (χ1) is 11.5. The van der Waals surface area contributed by atoms with Gasteiger partial charge in [-0.1, -0.05) is 30.3 Å². The van der Waals surface area contributed by atoms with E-state index in [0.29, 0.717) is 17.8 Å². The summed E-state index contributed by atoms with van der Waals surface area (Å²) in [7, 11) is 0. The van der Waals surface area contributed by atoms with Crippen LogP contribution in [0.2, 0.25) is 0 Å². The second kappa shape index (κ2) is 7.87. The molecule has 0 heterocycles.